The highest BCUT2D eigenvalue weighted by Crippen LogP contribution is 2.41. The monoisotopic (exact) mass is 528 g/mol. The lowest BCUT2D eigenvalue weighted by Crippen LogP contribution is -2.62. The Kier molecular flexibility index (Phi) is 8.04. The molecule has 198 valence electrons. The van der Waals surface area contributed by atoms with Crippen molar-refractivity contribution in [3.8, 4) is 5.75 Å². The van der Waals surface area contributed by atoms with Gasteiger partial charge in [-0.25, -0.2) is 19.2 Å². The molecule has 3 N–H and O–H groups in total. The van der Waals surface area contributed by atoms with Crippen LogP contribution in [0.15, 0.2) is 36.7 Å². The molecule has 2 heterocycles. The van der Waals surface area contributed by atoms with Crippen molar-refractivity contribution >= 4 is 40.0 Å². The SMILES string of the molecule is CCC(CC)CN1CCN(C(N)=O)[C@](C)(c2cc3c(Nc4cccc(Cl)c4F)ncnc3cc2OC)C1. The lowest BCUT2D eigenvalue weighted by atomic mass is 9.85. The van der Waals surface area contributed by atoms with E-state index in [2.05, 4.69) is 34.0 Å². The first-order chi connectivity index (χ1) is 17.7. The standard InChI is InChI=1S/C27H34ClFN6O2/c1-5-17(6-2)14-34-10-11-35(26(30)36)27(3,15-34)19-12-18-22(13-23(19)37-4)31-16-32-25(18)33-21-9-7-8-20(28)24(21)29/h7-9,12-13,16-17H,5-6,10-11,14-15H2,1-4H3,(H2,30,36)(H,31,32,33)/t27-/m0/s1. The van der Waals surface area contributed by atoms with Crippen molar-refractivity contribution < 1.29 is 13.9 Å². The number of amides is 2. The quantitative estimate of drug-likeness (QED) is 0.399. The first kappa shape index (κ1) is 26.9. The van der Waals surface area contributed by atoms with Gasteiger partial charge in [0.1, 0.15) is 17.9 Å². The average Bonchev–Trinajstić information content (AvgIpc) is 2.89. The number of aromatic nitrogens is 2. The highest BCUT2D eigenvalue weighted by atomic mass is 35.5. The molecule has 1 fully saturated rings. The summed E-state index contributed by atoms with van der Waals surface area (Å²) in [6.45, 7) is 9.19. The van der Waals surface area contributed by atoms with Crippen molar-refractivity contribution in [3.05, 3.63) is 53.1 Å². The van der Waals surface area contributed by atoms with Crippen LogP contribution in [0.25, 0.3) is 10.9 Å². The van der Waals surface area contributed by atoms with Crippen LogP contribution in [-0.4, -0.2) is 59.1 Å². The summed E-state index contributed by atoms with van der Waals surface area (Å²) < 4.78 is 20.5. The Morgan fingerprint density at radius 3 is 2.70 bits per heavy atom. The smallest absolute Gasteiger partial charge is 0.315 e. The van der Waals surface area contributed by atoms with Gasteiger partial charge >= 0.3 is 6.03 Å². The van der Waals surface area contributed by atoms with Crippen molar-refractivity contribution in [2.75, 3.05) is 38.6 Å². The van der Waals surface area contributed by atoms with Gasteiger partial charge in [0.25, 0.3) is 0 Å². The highest BCUT2D eigenvalue weighted by Gasteiger charge is 2.43. The molecule has 0 bridgehead atoms. The van der Waals surface area contributed by atoms with Crippen LogP contribution >= 0.6 is 11.6 Å². The number of benzene rings is 2. The first-order valence-electron chi connectivity index (χ1n) is 12.6. The molecular weight excluding hydrogens is 495 g/mol. The van der Waals surface area contributed by atoms with Gasteiger partial charge < -0.3 is 20.7 Å². The summed E-state index contributed by atoms with van der Waals surface area (Å²) in [7, 11) is 1.59. The van der Waals surface area contributed by atoms with Gasteiger partial charge in [-0.1, -0.05) is 44.4 Å². The Morgan fingerprint density at radius 1 is 1.27 bits per heavy atom. The number of rotatable bonds is 8. The van der Waals surface area contributed by atoms with E-state index in [1.165, 1.54) is 12.4 Å². The maximum Gasteiger partial charge on any atom is 0.315 e. The normalized spacial score (nSPS) is 18.4. The minimum Gasteiger partial charge on any atom is -0.496 e. The van der Waals surface area contributed by atoms with E-state index < -0.39 is 17.4 Å². The zero-order valence-corrected chi connectivity index (χ0v) is 22.5. The lowest BCUT2D eigenvalue weighted by molar-refractivity contribution is 0.0271. The second kappa shape index (κ2) is 11.1. The number of hydrogen-bond acceptors (Lipinski definition) is 6. The molecule has 1 aliphatic rings. The van der Waals surface area contributed by atoms with Gasteiger partial charge in [0, 0.05) is 43.2 Å². The summed E-state index contributed by atoms with van der Waals surface area (Å²) in [4.78, 5) is 25.5. The minimum atomic E-state index is -0.774. The number of urea groups is 1. The molecule has 0 radical (unpaired) electrons. The minimum absolute atomic E-state index is 0.00934. The molecular formula is C27H34ClFN6O2. The van der Waals surface area contributed by atoms with Gasteiger partial charge in [-0.3, -0.25) is 4.90 Å². The Labute approximate surface area is 222 Å². The fourth-order valence-corrected chi connectivity index (χ4v) is 5.42. The third-order valence-corrected chi connectivity index (χ3v) is 7.74. The molecule has 1 saturated heterocycles. The van der Waals surface area contributed by atoms with Gasteiger partial charge in [-0.15, -0.1) is 0 Å². The van der Waals surface area contributed by atoms with Crippen LogP contribution in [0.5, 0.6) is 5.75 Å². The van der Waals surface area contributed by atoms with Crippen LogP contribution in [0.4, 0.5) is 20.7 Å². The fourth-order valence-electron chi connectivity index (χ4n) is 5.24. The topological polar surface area (TPSA) is 96.6 Å². The second-order valence-electron chi connectivity index (χ2n) is 9.70. The number of carbonyl (C=O) groups excluding carboxylic acids is 1. The van der Waals surface area contributed by atoms with E-state index in [-0.39, 0.29) is 10.7 Å². The molecule has 0 saturated carbocycles. The number of piperazine rings is 1. The fraction of sp³-hybridized carbons (Fsp3) is 0.444. The van der Waals surface area contributed by atoms with Gasteiger partial charge in [-0.2, -0.15) is 0 Å². The van der Waals surface area contributed by atoms with Crippen molar-refractivity contribution in [2.24, 2.45) is 11.7 Å². The van der Waals surface area contributed by atoms with E-state index >= 15 is 0 Å². The molecule has 1 atom stereocenters. The van der Waals surface area contributed by atoms with E-state index in [0.29, 0.717) is 41.5 Å². The van der Waals surface area contributed by atoms with Crippen molar-refractivity contribution in [3.63, 3.8) is 0 Å². The summed E-state index contributed by atoms with van der Waals surface area (Å²) in [6.07, 6.45) is 3.59. The van der Waals surface area contributed by atoms with Gasteiger partial charge in [0.15, 0.2) is 5.82 Å². The molecule has 8 nitrogen and oxygen atoms in total. The zero-order valence-electron chi connectivity index (χ0n) is 21.7. The number of halogens is 2. The van der Waals surface area contributed by atoms with Crippen LogP contribution in [0.1, 0.15) is 39.2 Å². The maximum atomic E-state index is 14.7. The van der Waals surface area contributed by atoms with E-state index in [0.717, 1.165) is 31.5 Å². The van der Waals surface area contributed by atoms with E-state index in [1.807, 2.05) is 19.1 Å². The second-order valence-corrected chi connectivity index (χ2v) is 10.1. The molecule has 1 aromatic heterocycles. The van der Waals surface area contributed by atoms with Crippen LogP contribution in [-0.2, 0) is 5.54 Å². The number of carbonyl (C=O) groups is 1. The van der Waals surface area contributed by atoms with Gasteiger partial charge in [0.2, 0.25) is 0 Å². The average molecular weight is 529 g/mol. The molecule has 2 aromatic carbocycles. The summed E-state index contributed by atoms with van der Waals surface area (Å²) in [5.74, 6) is 0.999. The third kappa shape index (κ3) is 5.29. The highest BCUT2D eigenvalue weighted by molar-refractivity contribution is 6.31. The summed E-state index contributed by atoms with van der Waals surface area (Å²) in [6, 6.07) is 7.97. The molecule has 1 aliphatic heterocycles. The zero-order chi connectivity index (χ0) is 26.7. The number of hydrogen-bond donors (Lipinski definition) is 2. The first-order valence-corrected chi connectivity index (χ1v) is 12.9. The number of nitrogens with two attached hydrogens (primary N) is 1. The third-order valence-electron chi connectivity index (χ3n) is 7.45. The Hall–Kier alpha value is -3.17. The Balaban J connectivity index is 1.83. The molecule has 0 spiro atoms. The van der Waals surface area contributed by atoms with Gasteiger partial charge in [-0.05, 0) is 31.0 Å². The predicted octanol–water partition coefficient (Wildman–Crippen LogP) is 5.52. The Bertz CT molecular complexity index is 1290. The summed E-state index contributed by atoms with van der Waals surface area (Å²) in [5.41, 5.74) is 6.70. The molecule has 3 aromatic rings. The molecule has 37 heavy (non-hydrogen) atoms. The molecule has 2 amide bonds. The van der Waals surface area contributed by atoms with Crippen LogP contribution in [0.3, 0.4) is 0 Å². The molecule has 10 heteroatoms. The van der Waals surface area contributed by atoms with Crippen molar-refractivity contribution in [1.29, 1.82) is 0 Å². The number of anilines is 2. The van der Waals surface area contributed by atoms with Crippen molar-refractivity contribution in [2.45, 2.75) is 39.2 Å². The lowest BCUT2D eigenvalue weighted by Gasteiger charge is -2.49. The number of ether oxygens (including phenoxy) is 1. The number of methoxy groups -OCH3 is 1. The van der Waals surface area contributed by atoms with Crippen molar-refractivity contribution in [1.82, 2.24) is 19.8 Å². The predicted molar refractivity (Wildman–Crippen MR) is 145 cm³/mol. The van der Waals surface area contributed by atoms with E-state index in [1.54, 1.807) is 24.1 Å². The van der Waals surface area contributed by atoms with Crippen LogP contribution in [0, 0.1) is 11.7 Å². The largest absolute Gasteiger partial charge is 0.496 e. The molecule has 0 aliphatic carbocycles. The maximum absolute atomic E-state index is 14.7. The van der Waals surface area contributed by atoms with Crippen LogP contribution < -0.4 is 15.8 Å². The molecule has 0 unspecified atom stereocenters. The number of primary amides is 1. The number of nitrogens with zero attached hydrogens (tertiary/aromatic N) is 4. The number of nitrogens with one attached hydrogen (secondary N) is 1. The van der Waals surface area contributed by atoms with Crippen LogP contribution in [0.2, 0.25) is 5.02 Å². The number of fused-ring (bicyclic) bond motifs is 1. The van der Waals surface area contributed by atoms with E-state index in [9.17, 15) is 9.18 Å². The Morgan fingerprint density at radius 2 is 2.03 bits per heavy atom. The molecule has 4 rings (SSSR count). The van der Waals surface area contributed by atoms with Gasteiger partial charge in [0.05, 0.1) is 28.9 Å². The van der Waals surface area contributed by atoms with E-state index in [4.69, 9.17) is 22.1 Å². The summed E-state index contributed by atoms with van der Waals surface area (Å²) in [5, 5.41) is 3.72. The summed E-state index contributed by atoms with van der Waals surface area (Å²) >= 11 is 5.98.